The van der Waals surface area contributed by atoms with Crippen LogP contribution in [0.25, 0.3) is 0 Å². The van der Waals surface area contributed by atoms with Gasteiger partial charge >= 0.3 is 0 Å². The van der Waals surface area contributed by atoms with E-state index in [2.05, 4.69) is 111 Å². The van der Waals surface area contributed by atoms with Gasteiger partial charge in [0.15, 0.2) is 0 Å². The normalized spacial score (nSPS) is 17.8. The highest BCUT2D eigenvalue weighted by Crippen LogP contribution is 2.34. The molecule has 0 bridgehead atoms. The number of nitrogens with two attached hydrogens (primary N) is 1. The van der Waals surface area contributed by atoms with Crippen LogP contribution in [0.15, 0.2) is 84.9 Å². The molecule has 0 amide bonds. The van der Waals surface area contributed by atoms with Crippen molar-refractivity contribution >= 4 is 17.1 Å². The standard InChI is InChI=1S/C30H37N3.2C2H6/c1-21-5-7-23(8-6-21)22(2)32-28-17-11-25(12-18-28)30(24-9-15-27(31)16-10-24)26-13-19-29(20-14-26)33(3)4;2*1-2/h5,7,9-23,30,32H,6,8,31H2,1-4H3;2*1-2H3/t21?,22-,23?,30?;;/m0../s1. The number of hydrogen-bond acceptors (Lipinski definition) is 3. The molecule has 3 N–H and O–H groups in total. The topological polar surface area (TPSA) is 41.3 Å². The van der Waals surface area contributed by atoms with Crippen LogP contribution in [0.3, 0.4) is 0 Å². The van der Waals surface area contributed by atoms with Gasteiger partial charge in [0.05, 0.1) is 0 Å². The van der Waals surface area contributed by atoms with Gasteiger partial charge in [-0.2, -0.15) is 0 Å². The molecular weight excluding hydrogens is 450 g/mol. The van der Waals surface area contributed by atoms with Crippen LogP contribution in [0.5, 0.6) is 0 Å². The second kappa shape index (κ2) is 15.1. The fourth-order valence-corrected chi connectivity index (χ4v) is 4.77. The van der Waals surface area contributed by atoms with E-state index in [9.17, 15) is 0 Å². The van der Waals surface area contributed by atoms with Crippen molar-refractivity contribution in [2.45, 2.75) is 66.3 Å². The monoisotopic (exact) mass is 499 g/mol. The summed E-state index contributed by atoms with van der Waals surface area (Å²) in [5, 5.41) is 3.73. The van der Waals surface area contributed by atoms with Gasteiger partial charge in [0.1, 0.15) is 0 Å². The van der Waals surface area contributed by atoms with Crippen molar-refractivity contribution in [3.63, 3.8) is 0 Å². The molecule has 4 atom stereocenters. The van der Waals surface area contributed by atoms with E-state index >= 15 is 0 Å². The molecule has 200 valence electrons. The summed E-state index contributed by atoms with van der Waals surface area (Å²) >= 11 is 0. The molecule has 0 spiro atoms. The van der Waals surface area contributed by atoms with E-state index in [1.54, 1.807) is 0 Å². The van der Waals surface area contributed by atoms with E-state index < -0.39 is 0 Å². The number of allylic oxidation sites excluding steroid dienone is 1. The summed E-state index contributed by atoms with van der Waals surface area (Å²) < 4.78 is 0. The summed E-state index contributed by atoms with van der Waals surface area (Å²) in [4.78, 5) is 2.13. The second-order valence-electron chi connectivity index (χ2n) is 9.74. The Balaban J connectivity index is 0.00000115. The SMILES string of the molecule is CC.CC.CC1C=CC([C@H](C)Nc2ccc(C(c3ccc(N)cc3)c3ccc(N(C)C)cc3)cc2)CC1. The van der Waals surface area contributed by atoms with Gasteiger partial charge in [0, 0.05) is 43.1 Å². The Morgan fingerprint density at radius 3 is 1.68 bits per heavy atom. The highest BCUT2D eigenvalue weighted by atomic mass is 15.1. The number of anilines is 3. The maximum atomic E-state index is 5.97. The molecule has 37 heavy (non-hydrogen) atoms. The molecule has 0 radical (unpaired) electrons. The van der Waals surface area contributed by atoms with Gasteiger partial charge in [-0.3, -0.25) is 0 Å². The first-order chi connectivity index (χ1) is 17.9. The van der Waals surface area contributed by atoms with Crippen molar-refractivity contribution in [2.24, 2.45) is 11.8 Å². The van der Waals surface area contributed by atoms with E-state index in [0.29, 0.717) is 17.9 Å². The van der Waals surface area contributed by atoms with Crippen molar-refractivity contribution in [2.75, 3.05) is 30.0 Å². The Bertz CT molecular complexity index is 1050. The Morgan fingerprint density at radius 2 is 1.22 bits per heavy atom. The van der Waals surface area contributed by atoms with Crippen LogP contribution in [-0.2, 0) is 0 Å². The van der Waals surface area contributed by atoms with Gasteiger partial charge in [-0.05, 0) is 84.7 Å². The number of nitrogens with zero attached hydrogens (tertiary/aromatic N) is 1. The Morgan fingerprint density at radius 1 is 0.730 bits per heavy atom. The number of nitrogen functional groups attached to an aromatic ring is 1. The van der Waals surface area contributed by atoms with Crippen molar-refractivity contribution in [1.29, 1.82) is 0 Å². The minimum Gasteiger partial charge on any atom is -0.399 e. The molecule has 3 nitrogen and oxygen atoms in total. The molecule has 1 aliphatic carbocycles. The summed E-state index contributed by atoms with van der Waals surface area (Å²) in [7, 11) is 4.14. The summed E-state index contributed by atoms with van der Waals surface area (Å²) in [6.45, 7) is 12.6. The largest absolute Gasteiger partial charge is 0.399 e. The van der Waals surface area contributed by atoms with Gasteiger partial charge in [-0.1, -0.05) is 83.2 Å². The van der Waals surface area contributed by atoms with E-state index in [0.717, 1.165) is 5.69 Å². The molecule has 0 aliphatic heterocycles. The van der Waals surface area contributed by atoms with Crippen LogP contribution in [0.4, 0.5) is 17.1 Å². The van der Waals surface area contributed by atoms with Gasteiger partial charge in [0.25, 0.3) is 0 Å². The molecule has 1 aliphatic rings. The lowest BCUT2D eigenvalue weighted by atomic mass is 9.84. The third-order valence-electron chi connectivity index (χ3n) is 6.94. The van der Waals surface area contributed by atoms with Crippen LogP contribution >= 0.6 is 0 Å². The van der Waals surface area contributed by atoms with Crippen molar-refractivity contribution < 1.29 is 0 Å². The minimum atomic E-state index is 0.163. The predicted octanol–water partition coefficient (Wildman–Crippen LogP) is 8.97. The summed E-state index contributed by atoms with van der Waals surface area (Å²) in [5.41, 5.74) is 13.0. The number of benzene rings is 3. The zero-order valence-corrected chi connectivity index (χ0v) is 24.3. The molecule has 3 aromatic rings. The highest BCUT2D eigenvalue weighted by Gasteiger charge is 2.20. The summed E-state index contributed by atoms with van der Waals surface area (Å²) in [6.07, 6.45) is 7.30. The van der Waals surface area contributed by atoms with Crippen LogP contribution < -0.4 is 16.0 Å². The zero-order valence-electron chi connectivity index (χ0n) is 24.3. The Hall–Kier alpha value is -3.20. The first kappa shape index (κ1) is 30.0. The number of hydrogen-bond donors (Lipinski definition) is 2. The predicted molar refractivity (Wildman–Crippen MR) is 166 cm³/mol. The van der Waals surface area contributed by atoms with Gasteiger partial charge in [0.2, 0.25) is 0 Å². The summed E-state index contributed by atoms with van der Waals surface area (Å²) in [6, 6.07) is 26.5. The molecule has 0 aromatic heterocycles. The molecule has 3 unspecified atom stereocenters. The van der Waals surface area contributed by atoms with Crippen molar-refractivity contribution in [3.8, 4) is 0 Å². The molecule has 3 heteroatoms. The van der Waals surface area contributed by atoms with E-state index in [1.165, 1.54) is 40.9 Å². The molecule has 0 heterocycles. The van der Waals surface area contributed by atoms with Gasteiger partial charge < -0.3 is 16.0 Å². The molecule has 0 saturated heterocycles. The quantitative estimate of drug-likeness (QED) is 0.194. The fourth-order valence-electron chi connectivity index (χ4n) is 4.77. The van der Waals surface area contributed by atoms with Crippen LogP contribution in [0.2, 0.25) is 0 Å². The molecule has 0 fully saturated rings. The summed E-state index contributed by atoms with van der Waals surface area (Å²) in [5.74, 6) is 1.47. The van der Waals surface area contributed by atoms with E-state index in [-0.39, 0.29) is 5.92 Å². The van der Waals surface area contributed by atoms with Crippen molar-refractivity contribution in [1.82, 2.24) is 0 Å². The van der Waals surface area contributed by atoms with Gasteiger partial charge in [-0.25, -0.2) is 0 Å². The lowest BCUT2D eigenvalue weighted by Crippen LogP contribution is -2.26. The lowest BCUT2D eigenvalue weighted by Gasteiger charge is -2.27. The van der Waals surface area contributed by atoms with E-state index in [1.807, 2.05) is 39.8 Å². The molecule has 3 aromatic carbocycles. The van der Waals surface area contributed by atoms with Crippen LogP contribution in [-0.4, -0.2) is 20.1 Å². The molecule has 4 rings (SSSR count). The molecular formula is C34H49N3. The number of rotatable bonds is 7. The van der Waals surface area contributed by atoms with E-state index in [4.69, 9.17) is 5.73 Å². The van der Waals surface area contributed by atoms with Crippen LogP contribution in [0, 0.1) is 11.8 Å². The lowest BCUT2D eigenvalue weighted by molar-refractivity contribution is 0.441. The average molecular weight is 500 g/mol. The zero-order chi connectivity index (χ0) is 27.4. The van der Waals surface area contributed by atoms with Crippen molar-refractivity contribution in [3.05, 3.63) is 102 Å². The highest BCUT2D eigenvalue weighted by molar-refractivity contribution is 5.54. The number of nitrogens with one attached hydrogen (secondary N) is 1. The molecule has 0 saturated carbocycles. The maximum absolute atomic E-state index is 5.97. The minimum absolute atomic E-state index is 0.163. The first-order valence-corrected chi connectivity index (χ1v) is 14.1. The first-order valence-electron chi connectivity index (χ1n) is 14.1. The fraction of sp³-hybridized carbons (Fsp3) is 0.412. The Labute approximate surface area is 226 Å². The second-order valence-corrected chi connectivity index (χ2v) is 9.74. The third kappa shape index (κ3) is 8.42. The maximum Gasteiger partial charge on any atom is 0.0361 e. The van der Waals surface area contributed by atoms with Gasteiger partial charge in [-0.15, -0.1) is 0 Å². The van der Waals surface area contributed by atoms with Crippen LogP contribution in [0.1, 0.15) is 77.0 Å². The third-order valence-corrected chi connectivity index (χ3v) is 6.94. The average Bonchev–Trinajstić information content (AvgIpc) is 2.94. The Kier molecular flexibility index (Phi) is 12.3. The smallest absolute Gasteiger partial charge is 0.0361 e.